The zero-order valence-electron chi connectivity index (χ0n) is 11.0. The standard InChI is InChI=1S/C14H18N4O/c1-15-14(19)7-9-16-11-12-5-2-3-6-13(12)18-10-4-8-17-18/h2-6,8,10,16H,7,9,11H2,1H3,(H,15,19). The number of hydrogen-bond donors (Lipinski definition) is 2. The molecule has 0 fully saturated rings. The molecule has 1 aromatic heterocycles. The van der Waals surface area contributed by atoms with Crippen molar-refractivity contribution < 1.29 is 4.79 Å². The molecule has 19 heavy (non-hydrogen) atoms. The highest BCUT2D eigenvalue weighted by atomic mass is 16.1. The molecule has 1 amide bonds. The van der Waals surface area contributed by atoms with Crippen LogP contribution in [0.1, 0.15) is 12.0 Å². The molecule has 0 atom stereocenters. The summed E-state index contributed by atoms with van der Waals surface area (Å²) < 4.78 is 1.84. The maximum atomic E-state index is 11.1. The molecule has 0 aliphatic carbocycles. The molecule has 0 bridgehead atoms. The molecule has 0 spiro atoms. The zero-order chi connectivity index (χ0) is 13.5. The smallest absolute Gasteiger partial charge is 0.221 e. The Labute approximate surface area is 112 Å². The van der Waals surface area contributed by atoms with Gasteiger partial charge in [-0.05, 0) is 17.7 Å². The van der Waals surface area contributed by atoms with Crippen molar-refractivity contribution in [2.45, 2.75) is 13.0 Å². The van der Waals surface area contributed by atoms with Crippen LogP contribution in [0.3, 0.4) is 0 Å². The number of carbonyl (C=O) groups excluding carboxylic acids is 1. The van der Waals surface area contributed by atoms with Gasteiger partial charge in [-0.15, -0.1) is 0 Å². The molecule has 0 saturated carbocycles. The lowest BCUT2D eigenvalue weighted by molar-refractivity contribution is -0.120. The van der Waals surface area contributed by atoms with Crippen LogP contribution in [0.25, 0.3) is 5.69 Å². The zero-order valence-corrected chi connectivity index (χ0v) is 11.0. The number of nitrogens with one attached hydrogen (secondary N) is 2. The van der Waals surface area contributed by atoms with Crippen LogP contribution in [-0.4, -0.2) is 29.3 Å². The second-order valence-corrected chi connectivity index (χ2v) is 4.18. The Morgan fingerprint density at radius 2 is 2.16 bits per heavy atom. The Morgan fingerprint density at radius 1 is 1.32 bits per heavy atom. The number of rotatable bonds is 6. The van der Waals surface area contributed by atoms with Gasteiger partial charge in [0.1, 0.15) is 0 Å². The summed E-state index contributed by atoms with van der Waals surface area (Å²) in [5.74, 6) is 0.0489. The van der Waals surface area contributed by atoms with Gasteiger partial charge >= 0.3 is 0 Å². The van der Waals surface area contributed by atoms with Crippen LogP contribution in [0.4, 0.5) is 0 Å². The van der Waals surface area contributed by atoms with Gasteiger partial charge in [0.25, 0.3) is 0 Å². The Balaban J connectivity index is 1.95. The first-order valence-electron chi connectivity index (χ1n) is 6.30. The minimum absolute atomic E-state index is 0.0489. The molecule has 0 aliphatic heterocycles. The van der Waals surface area contributed by atoms with E-state index in [9.17, 15) is 4.79 Å². The second kappa shape index (κ2) is 6.70. The molecule has 1 heterocycles. The lowest BCUT2D eigenvalue weighted by Crippen LogP contribution is -2.24. The fraction of sp³-hybridized carbons (Fsp3) is 0.286. The van der Waals surface area contributed by atoms with Crippen molar-refractivity contribution in [1.82, 2.24) is 20.4 Å². The predicted octanol–water partition coefficient (Wildman–Crippen LogP) is 1.10. The highest BCUT2D eigenvalue weighted by Crippen LogP contribution is 2.12. The first-order valence-corrected chi connectivity index (χ1v) is 6.30. The van der Waals surface area contributed by atoms with E-state index < -0.39 is 0 Å². The molecular weight excluding hydrogens is 240 g/mol. The van der Waals surface area contributed by atoms with Crippen molar-refractivity contribution in [2.24, 2.45) is 0 Å². The second-order valence-electron chi connectivity index (χ2n) is 4.18. The molecule has 0 unspecified atom stereocenters. The van der Waals surface area contributed by atoms with E-state index in [2.05, 4.69) is 21.8 Å². The average Bonchev–Trinajstić information content (AvgIpc) is 2.97. The Kier molecular flexibility index (Phi) is 4.69. The van der Waals surface area contributed by atoms with Gasteiger partial charge in [-0.25, -0.2) is 4.68 Å². The van der Waals surface area contributed by atoms with E-state index in [0.29, 0.717) is 19.5 Å². The summed E-state index contributed by atoms with van der Waals surface area (Å²) in [6.45, 7) is 1.38. The first kappa shape index (κ1) is 13.3. The molecule has 0 radical (unpaired) electrons. The van der Waals surface area contributed by atoms with Crippen LogP contribution >= 0.6 is 0 Å². The fourth-order valence-electron chi connectivity index (χ4n) is 1.85. The minimum atomic E-state index is 0.0489. The van der Waals surface area contributed by atoms with Crippen LogP contribution < -0.4 is 10.6 Å². The molecule has 0 saturated heterocycles. The third kappa shape index (κ3) is 3.66. The van der Waals surface area contributed by atoms with Crippen LogP contribution in [0, 0.1) is 0 Å². The summed E-state index contributed by atoms with van der Waals surface area (Å²) in [5, 5.41) is 10.1. The Bertz CT molecular complexity index is 522. The summed E-state index contributed by atoms with van der Waals surface area (Å²) >= 11 is 0. The highest BCUT2D eigenvalue weighted by molar-refractivity contribution is 5.75. The molecule has 2 rings (SSSR count). The summed E-state index contributed by atoms with van der Waals surface area (Å²) in [7, 11) is 1.65. The number of para-hydroxylation sites is 1. The van der Waals surface area contributed by atoms with Crippen LogP contribution in [0.5, 0.6) is 0 Å². The largest absolute Gasteiger partial charge is 0.359 e. The van der Waals surface area contributed by atoms with Gasteiger partial charge in [0, 0.05) is 39.0 Å². The van der Waals surface area contributed by atoms with Gasteiger partial charge in [-0.1, -0.05) is 18.2 Å². The number of aromatic nitrogens is 2. The number of benzene rings is 1. The molecule has 100 valence electrons. The molecule has 5 nitrogen and oxygen atoms in total. The molecular formula is C14H18N4O. The predicted molar refractivity (Wildman–Crippen MR) is 74.0 cm³/mol. The fourth-order valence-corrected chi connectivity index (χ4v) is 1.85. The van der Waals surface area contributed by atoms with Gasteiger partial charge in [0.2, 0.25) is 5.91 Å². The SMILES string of the molecule is CNC(=O)CCNCc1ccccc1-n1cccn1. The van der Waals surface area contributed by atoms with E-state index in [1.807, 2.05) is 35.1 Å². The van der Waals surface area contributed by atoms with Crippen molar-refractivity contribution in [3.63, 3.8) is 0 Å². The quantitative estimate of drug-likeness (QED) is 0.763. The van der Waals surface area contributed by atoms with E-state index >= 15 is 0 Å². The van der Waals surface area contributed by atoms with Crippen molar-refractivity contribution >= 4 is 5.91 Å². The highest BCUT2D eigenvalue weighted by Gasteiger charge is 2.04. The molecule has 1 aromatic carbocycles. The number of carbonyl (C=O) groups is 1. The third-order valence-corrected chi connectivity index (χ3v) is 2.87. The van der Waals surface area contributed by atoms with Crippen LogP contribution in [0.2, 0.25) is 0 Å². The summed E-state index contributed by atoms with van der Waals surface area (Å²) in [6, 6.07) is 9.98. The van der Waals surface area contributed by atoms with E-state index in [-0.39, 0.29) is 5.91 Å². The maximum Gasteiger partial charge on any atom is 0.221 e. The van der Waals surface area contributed by atoms with Crippen molar-refractivity contribution in [2.75, 3.05) is 13.6 Å². The van der Waals surface area contributed by atoms with Gasteiger partial charge in [0.05, 0.1) is 5.69 Å². The van der Waals surface area contributed by atoms with Gasteiger partial charge < -0.3 is 10.6 Å². The van der Waals surface area contributed by atoms with Crippen molar-refractivity contribution in [3.8, 4) is 5.69 Å². The minimum Gasteiger partial charge on any atom is -0.359 e. The van der Waals surface area contributed by atoms with Gasteiger partial charge in [0.15, 0.2) is 0 Å². The molecule has 2 N–H and O–H groups in total. The maximum absolute atomic E-state index is 11.1. The topological polar surface area (TPSA) is 59.0 Å². The van der Waals surface area contributed by atoms with Crippen molar-refractivity contribution in [3.05, 3.63) is 48.3 Å². The average molecular weight is 258 g/mol. The Hall–Kier alpha value is -2.14. The van der Waals surface area contributed by atoms with E-state index in [1.54, 1.807) is 13.2 Å². The lowest BCUT2D eigenvalue weighted by atomic mass is 10.1. The monoisotopic (exact) mass is 258 g/mol. The number of amides is 1. The van der Waals surface area contributed by atoms with Gasteiger partial charge in [-0.2, -0.15) is 5.10 Å². The summed E-state index contributed by atoms with van der Waals surface area (Å²) in [5.41, 5.74) is 2.21. The normalized spacial score (nSPS) is 10.4. The van der Waals surface area contributed by atoms with Gasteiger partial charge in [-0.3, -0.25) is 4.79 Å². The number of hydrogen-bond acceptors (Lipinski definition) is 3. The van der Waals surface area contributed by atoms with Crippen LogP contribution in [0.15, 0.2) is 42.7 Å². The Morgan fingerprint density at radius 3 is 2.89 bits per heavy atom. The third-order valence-electron chi connectivity index (χ3n) is 2.87. The number of nitrogens with zero attached hydrogens (tertiary/aromatic N) is 2. The molecule has 0 aliphatic rings. The summed E-state index contributed by atoms with van der Waals surface area (Å²) in [6.07, 6.45) is 4.17. The van der Waals surface area contributed by atoms with Crippen LogP contribution in [-0.2, 0) is 11.3 Å². The van der Waals surface area contributed by atoms with Crippen molar-refractivity contribution in [1.29, 1.82) is 0 Å². The summed E-state index contributed by atoms with van der Waals surface area (Å²) in [4.78, 5) is 11.1. The van der Waals surface area contributed by atoms with E-state index in [0.717, 1.165) is 11.3 Å². The first-order chi connectivity index (χ1) is 9.31. The van der Waals surface area contributed by atoms with E-state index in [4.69, 9.17) is 0 Å². The van der Waals surface area contributed by atoms with E-state index in [1.165, 1.54) is 0 Å². The lowest BCUT2D eigenvalue weighted by Gasteiger charge is -2.10. The molecule has 5 heteroatoms. The molecule has 2 aromatic rings.